The van der Waals surface area contributed by atoms with Gasteiger partial charge in [0.2, 0.25) is 0 Å². The molecule has 1 aliphatic rings. The molecule has 2 aromatic rings. The van der Waals surface area contributed by atoms with Gasteiger partial charge in [0.05, 0.1) is 24.7 Å². The molecule has 0 saturated carbocycles. The SMILES string of the molecule is CCOc1cc2c(cc1OCC)[C@H](c1ccc([N+](=O)[O-])cc1)[NH2+]CC2. The summed E-state index contributed by atoms with van der Waals surface area (Å²) in [5, 5.41) is 13.1. The Morgan fingerprint density at radius 3 is 2.36 bits per heavy atom. The Balaban J connectivity index is 2.00. The first-order valence-corrected chi connectivity index (χ1v) is 8.64. The number of rotatable bonds is 6. The first-order valence-electron chi connectivity index (χ1n) is 8.64. The van der Waals surface area contributed by atoms with Crippen molar-refractivity contribution in [3.8, 4) is 11.5 Å². The molecule has 0 spiro atoms. The second-order valence-corrected chi connectivity index (χ2v) is 5.96. The summed E-state index contributed by atoms with van der Waals surface area (Å²) in [4.78, 5) is 10.5. The maximum absolute atomic E-state index is 10.9. The molecule has 1 heterocycles. The minimum atomic E-state index is -0.371. The van der Waals surface area contributed by atoms with Crippen LogP contribution in [-0.2, 0) is 6.42 Å². The number of hydrogen-bond donors (Lipinski definition) is 1. The molecule has 3 rings (SSSR count). The van der Waals surface area contributed by atoms with E-state index in [0.717, 1.165) is 30.0 Å². The van der Waals surface area contributed by atoms with Crippen LogP contribution in [0.15, 0.2) is 36.4 Å². The van der Waals surface area contributed by atoms with Crippen LogP contribution in [0.2, 0.25) is 0 Å². The molecule has 2 N–H and O–H groups in total. The van der Waals surface area contributed by atoms with Gasteiger partial charge in [-0.25, -0.2) is 0 Å². The average Bonchev–Trinajstić information content (AvgIpc) is 2.62. The molecule has 1 aliphatic heterocycles. The molecule has 0 aliphatic carbocycles. The molecule has 0 saturated heterocycles. The monoisotopic (exact) mass is 343 g/mol. The Morgan fingerprint density at radius 1 is 1.12 bits per heavy atom. The van der Waals surface area contributed by atoms with Crippen LogP contribution in [0.4, 0.5) is 5.69 Å². The van der Waals surface area contributed by atoms with Crippen molar-refractivity contribution in [3.05, 3.63) is 63.2 Å². The van der Waals surface area contributed by atoms with Crippen molar-refractivity contribution in [2.45, 2.75) is 26.3 Å². The molecule has 25 heavy (non-hydrogen) atoms. The molecule has 0 fully saturated rings. The lowest BCUT2D eigenvalue weighted by Gasteiger charge is -2.26. The molecule has 132 valence electrons. The van der Waals surface area contributed by atoms with E-state index in [1.807, 2.05) is 26.0 Å². The van der Waals surface area contributed by atoms with Gasteiger partial charge in [-0.1, -0.05) is 0 Å². The maximum Gasteiger partial charge on any atom is 0.269 e. The first kappa shape index (κ1) is 17.2. The van der Waals surface area contributed by atoms with Crippen LogP contribution in [0.3, 0.4) is 0 Å². The fourth-order valence-electron chi connectivity index (χ4n) is 3.31. The highest BCUT2D eigenvalue weighted by molar-refractivity contribution is 5.51. The van der Waals surface area contributed by atoms with Gasteiger partial charge in [-0.2, -0.15) is 0 Å². The van der Waals surface area contributed by atoms with Gasteiger partial charge in [-0.3, -0.25) is 10.1 Å². The number of nitro groups is 1. The summed E-state index contributed by atoms with van der Waals surface area (Å²) in [6.45, 7) is 6.05. The molecular weight excluding hydrogens is 320 g/mol. The van der Waals surface area contributed by atoms with E-state index in [-0.39, 0.29) is 16.7 Å². The molecule has 6 heteroatoms. The van der Waals surface area contributed by atoms with Crippen LogP contribution in [0.5, 0.6) is 11.5 Å². The van der Waals surface area contributed by atoms with Gasteiger partial charge in [-0.05, 0) is 43.7 Å². The quantitative estimate of drug-likeness (QED) is 0.646. The minimum Gasteiger partial charge on any atom is -0.490 e. The number of hydrogen-bond acceptors (Lipinski definition) is 4. The van der Waals surface area contributed by atoms with Gasteiger partial charge in [0.15, 0.2) is 11.5 Å². The van der Waals surface area contributed by atoms with Crippen LogP contribution < -0.4 is 14.8 Å². The Kier molecular flexibility index (Phi) is 5.19. The Hall–Kier alpha value is -2.60. The number of fused-ring (bicyclic) bond motifs is 1. The van der Waals surface area contributed by atoms with E-state index in [9.17, 15) is 10.1 Å². The second kappa shape index (κ2) is 7.53. The first-order chi connectivity index (χ1) is 12.1. The molecule has 0 bridgehead atoms. The van der Waals surface area contributed by atoms with Crippen LogP contribution in [0.1, 0.15) is 36.6 Å². The summed E-state index contributed by atoms with van der Waals surface area (Å²) in [6, 6.07) is 11.1. The summed E-state index contributed by atoms with van der Waals surface area (Å²) in [6.07, 6.45) is 0.964. The van der Waals surface area contributed by atoms with E-state index in [1.54, 1.807) is 12.1 Å². The predicted octanol–water partition coefficient (Wildman–Crippen LogP) is 2.60. The van der Waals surface area contributed by atoms with E-state index in [4.69, 9.17) is 9.47 Å². The van der Waals surface area contributed by atoms with Crippen molar-refractivity contribution >= 4 is 5.69 Å². The third kappa shape index (κ3) is 3.58. The molecular formula is C19H23N2O4+. The molecule has 6 nitrogen and oxygen atoms in total. The predicted molar refractivity (Wildman–Crippen MR) is 94.2 cm³/mol. The zero-order chi connectivity index (χ0) is 17.8. The molecule has 1 atom stereocenters. The van der Waals surface area contributed by atoms with Crippen LogP contribution in [0, 0.1) is 10.1 Å². The maximum atomic E-state index is 10.9. The topological polar surface area (TPSA) is 78.2 Å². The molecule has 0 unspecified atom stereocenters. The van der Waals surface area contributed by atoms with Crippen molar-refractivity contribution in [1.29, 1.82) is 0 Å². The van der Waals surface area contributed by atoms with Gasteiger partial charge in [0, 0.05) is 29.7 Å². The molecule has 0 radical (unpaired) electrons. The van der Waals surface area contributed by atoms with Crippen LogP contribution >= 0.6 is 0 Å². The third-order valence-corrected chi connectivity index (χ3v) is 4.42. The van der Waals surface area contributed by atoms with Crippen molar-refractivity contribution in [1.82, 2.24) is 0 Å². The second-order valence-electron chi connectivity index (χ2n) is 5.96. The van der Waals surface area contributed by atoms with Crippen molar-refractivity contribution < 1.29 is 19.7 Å². The van der Waals surface area contributed by atoms with E-state index in [1.165, 1.54) is 11.1 Å². The summed E-state index contributed by atoms with van der Waals surface area (Å²) < 4.78 is 11.5. The minimum absolute atomic E-state index is 0.111. The number of nitrogens with two attached hydrogens (primary N) is 1. The van der Waals surface area contributed by atoms with Crippen LogP contribution in [0.25, 0.3) is 0 Å². The Labute approximate surface area is 146 Å². The fourth-order valence-corrected chi connectivity index (χ4v) is 3.31. The zero-order valence-corrected chi connectivity index (χ0v) is 14.5. The third-order valence-electron chi connectivity index (χ3n) is 4.42. The lowest BCUT2D eigenvalue weighted by Crippen LogP contribution is -2.87. The van der Waals surface area contributed by atoms with Gasteiger partial charge >= 0.3 is 0 Å². The Morgan fingerprint density at radius 2 is 1.76 bits per heavy atom. The van der Waals surface area contributed by atoms with Crippen molar-refractivity contribution in [2.24, 2.45) is 0 Å². The largest absolute Gasteiger partial charge is 0.490 e. The smallest absolute Gasteiger partial charge is 0.269 e. The number of nitro benzene ring substituents is 1. The number of nitrogens with zero attached hydrogens (tertiary/aromatic N) is 1. The van der Waals surface area contributed by atoms with E-state index in [2.05, 4.69) is 17.4 Å². The number of quaternary nitrogens is 1. The molecule has 0 aromatic heterocycles. The molecule has 0 amide bonds. The average molecular weight is 343 g/mol. The normalized spacial score (nSPS) is 16.2. The molecule has 2 aromatic carbocycles. The highest BCUT2D eigenvalue weighted by Gasteiger charge is 2.27. The summed E-state index contributed by atoms with van der Waals surface area (Å²) >= 11 is 0. The van der Waals surface area contributed by atoms with E-state index < -0.39 is 0 Å². The fraction of sp³-hybridized carbons (Fsp3) is 0.368. The van der Waals surface area contributed by atoms with Crippen molar-refractivity contribution in [2.75, 3.05) is 19.8 Å². The van der Waals surface area contributed by atoms with Crippen LogP contribution in [-0.4, -0.2) is 24.7 Å². The van der Waals surface area contributed by atoms with Gasteiger partial charge in [0.1, 0.15) is 6.04 Å². The standard InChI is InChI=1S/C19H22N2O4/c1-3-24-17-11-14-9-10-20-19(16(14)12-18(17)25-4-2)13-5-7-15(8-6-13)21(22)23/h5-8,11-12,19-20H,3-4,9-10H2,1-2H3/p+1/t19-/m0/s1. The van der Waals surface area contributed by atoms with Gasteiger partial charge < -0.3 is 14.8 Å². The lowest BCUT2D eigenvalue weighted by atomic mass is 9.89. The summed E-state index contributed by atoms with van der Waals surface area (Å²) in [5.74, 6) is 1.54. The van der Waals surface area contributed by atoms with E-state index in [0.29, 0.717) is 13.2 Å². The Bertz CT molecular complexity index is 759. The highest BCUT2D eigenvalue weighted by atomic mass is 16.6. The summed E-state index contributed by atoms with van der Waals surface area (Å²) in [7, 11) is 0. The van der Waals surface area contributed by atoms with Crippen molar-refractivity contribution in [3.63, 3.8) is 0 Å². The van der Waals surface area contributed by atoms with E-state index >= 15 is 0 Å². The number of ether oxygens (including phenoxy) is 2. The highest BCUT2D eigenvalue weighted by Crippen LogP contribution is 2.36. The van der Waals surface area contributed by atoms with Gasteiger partial charge in [0.25, 0.3) is 5.69 Å². The zero-order valence-electron chi connectivity index (χ0n) is 14.5. The number of benzene rings is 2. The lowest BCUT2D eigenvalue weighted by molar-refractivity contribution is -0.690. The van der Waals surface area contributed by atoms with Gasteiger partial charge in [-0.15, -0.1) is 0 Å². The summed E-state index contributed by atoms with van der Waals surface area (Å²) in [5.41, 5.74) is 3.60. The number of non-ortho nitro benzene ring substituents is 1.